The first kappa shape index (κ1) is 16.4. The van der Waals surface area contributed by atoms with Crippen LogP contribution in [0.1, 0.15) is 48.4 Å². The van der Waals surface area contributed by atoms with Crippen LogP contribution >= 0.6 is 0 Å². The van der Waals surface area contributed by atoms with Crippen LogP contribution in [0.15, 0.2) is 35.9 Å². The van der Waals surface area contributed by atoms with Crippen molar-refractivity contribution in [2.45, 2.75) is 27.7 Å². The summed E-state index contributed by atoms with van der Waals surface area (Å²) >= 11 is 0. The van der Waals surface area contributed by atoms with Gasteiger partial charge in [-0.2, -0.15) is 0 Å². The minimum Gasteiger partial charge on any atom is -0.443 e. The number of imide groups is 1. The van der Waals surface area contributed by atoms with Crippen molar-refractivity contribution in [3.8, 4) is 0 Å². The van der Waals surface area contributed by atoms with Gasteiger partial charge >= 0.3 is 5.97 Å². The number of hydrogen-bond acceptors (Lipinski definition) is 4. The minimum absolute atomic E-state index is 0.136. The van der Waals surface area contributed by atoms with Crippen LogP contribution in [0.5, 0.6) is 0 Å². The Morgan fingerprint density at radius 3 is 2.21 bits per heavy atom. The summed E-state index contributed by atoms with van der Waals surface area (Å²) in [7, 11) is 0. The fourth-order valence-corrected chi connectivity index (χ4v) is 3.37. The number of allylic oxidation sites excluding steroid dienone is 2. The number of carbonyl (C=O) groups excluding carboxylic acids is 3. The summed E-state index contributed by atoms with van der Waals surface area (Å²) in [5.41, 5.74) is 1.71. The van der Waals surface area contributed by atoms with Crippen molar-refractivity contribution in [1.29, 1.82) is 0 Å². The Kier molecular flexibility index (Phi) is 3.82. The van der Waals surface area contributed by atoms with E-state index in [1.54, 1.807) is 24.3 Å². The summed E-state index contributed by atoms with van der Waals surface area (Å²) in [5.74, 6) is -1.29. The zero-order chi connectivity index (χ0) is 17.6. The topological polar surface area (TPSA) is 63.7 Å². The van der Waals surface area contributed by atoms with Crippen LogP contribution in [0, 0.1) is 17.3 Å². The van der Waals surface area contributed by atoms with Crippen LogP contribution in [-0.2, 0) is 9.53 Å². The second kappa shape index (κ2) is 5.58. The van der Waals surface area contributed by atoms with Gasteiger partial charge < -0.3 is 4.74 Å². The van der Waals surface area contributed by atoms with Crippen LogP contribution in [0.25, 0.3) is 0 Å². The number of nitrogens with zero attached hydrogens (tertiary/aromatic N) is 1. The van der Waals surface area contributed by atoms with Crippen LogP contribution in [0.3, 0.4) is 0 Å². The molecule has 0 spiro atoms. The van der Waals surface area contributed by atoms with Crippen molar-refractivity contribution >= 4 is 17.8 Å². The van der Waals surface area contributed by atoms with Gasteiger partial charge in [0.1, 0.15) is 0 Å². The third kappa shape index (κ3) is 2.54. The molecule has 1 heterocycles. The second-order valence-corrected chi connectivity index (χ2v) is 7.25. The molecule has 0 saturated heterocycles. The highest BCUT2D eigenvalue weighted by molar-refractivity contribution is 6.21. The van der Waals surface area contributed by atoms with Gasteiger partial charge in [0.25, 0.3) is 11.8 Å². The molecule has 0 N–H and O–H groups in total. The highest BCUT2D eigenvalue weighted by Crippen LogP contribution is 2.59. The molecule has 0 radical (unpaired) electrons. The highest BCUT2D eigenvalue weighted by Gasteiger charge is 2.61. The van der Waals surface area contributed by atoms with E-state index in [1.165, 1.54) is 0 Å². The molecule has 1 aromatic carbocycles. The number of ether oxygens (including phenoxy) is 1. The highest BCUT2D eigenvalue weighted by atomic mass is 16.5. The number of amides is 2. The Bertz CT molecular complexity index is 723. The monoisotopic (exact) mass is 327 g/mol. The molecule has 5 nitrogen and oxygen atoms in total. The first-order valence-electron chi connectivity index (χ1n) is 8.02. The van der Waals surface area contributed by atoms with E-state index in [0.717, 1.165) is 10.5 Å². The SMILES string of the molecule is CC(C)=C[C@H]1[C@@H](C(=O)OCN2C(=O)c3ccccc3C2=O)C1(C)C. The predicted molar refractivity (Wildman–Crippen MR) is 88.1 cm³/mol. The van der Waals surface area contributed by atoms with E-state index in [4.69, 9.17) is 4.74 Å². The van der Waals surface area contributed by atoms with Crippen molar-refractivity contribution in [3.05, 3.63) is 47.0 Å². The number of esters is 1. The molecule has 2 amide bonds. The number of rotatable bonds is 4. The minimum atomic E-state index is -0.417. The zero-order valence-electron chi connectivity index (χ0n) is 14.3. The Morgan fingerprint density at radius 2 is 1.71 bits per heavy atom. The third-order valence-corrected chi connectivity index (χ3v) is 4.89. The first-order chi connectivity index (χ1) is 11.2. The van der Waals surface area contributed by atoms with E-state index in [-0.39, 0.29) is 30.0 Å². The Morgan fingerprint density at radius 1 is 1.17 bits per heavy atom. The number of fused-ring (bicyclic) bond motifs is 1. The molecule has 1 aliphatic carbocycles. The molecule has 5 heteroatoms. The van der Waals surface area contributed by atoms with Gasteiger partial charge in [0, 0.05) is 0 Å². The lowest BCUT2D eigenvalue weighted by molar-refractivity contribution is -0.148. The maximum Gasteiger partial charge on any atom is 0.311 e. The Labute approximate surface area is 141 Å². The molecule has 0 unspecified atom stereocenters. The van der Waals surface area contributed by atoms with Crippen LogP contribution in [0.2, 0.25) is 0 Å². The van der Waals surface area contributed by atoms with Crippen molar-refractivity contribution < 1.29 is 19.1 Å². The lowest BCUT2D eigenvalue weighted by atomic mass is 10.1. The van der Waals surface area contributed by atoms with Gasteiger partial charge in [-0.15, -0.1) is 0 Å². The average Bonchev–Trinajstić information content (AvgIpc) is 2.96. The standard InChI is InChI=1S/C19H21NO4/c1-11(2)9-14-15(19(14,3)4)18(23)24-10-20-16(21)12-7-5-6-8-13(12)17(20)22/h5-9,14-15H,10H2,1-4H3/t14-,15-/m0/s1. The molecule has 24 heavy (non-hydrogen) atoms. The summed E-state index contributed by atoms with van der Waals surface area (Å²) in [6.45, 7) is 7.69. The molecule has 2 aliphatic rings. The van der Waals surface area contributed by atoms with Crippen LogP contribution in [0.4, 0.5) is 0 Å². The fraction of sp³-hybridized carbons (Fsp3) is 0.421. The number of benzene rings is 1. The summed E-state index contributed by atoms with van der Waals surface area (Å²) < 4.78 is 5.29. The van der Waals surface area contributed by atoms with E-state index >= 15 is 0 Å². The summed E-state index contributed by atoms with van der Waals surface area (Å²) in [5, 5.41) is 0. The Hall–Kier alpha value is -2.43. The molecule has 0 bridgehead atoms. The quantitative estimate of drug-likeness (QED) is 0.484. The molecule has 2 atom stereocenters. The number of hydrogen-bond donors (Lipinski definition) is 0. The van der Waals surface area contributed by atoms with E-state index in [1.807, 2.05) is 27.7 Å². The van der Waals surface area contributed by atoms with Gasteiger partial charge in [-0.1, -0.05) is 37.6 Å². The largest absolute Gasteiger partial charge is 0.443 e. The van der Waals surface area contributed by atoms with Gasteiger partial charge in [0.15, 0.2) is 6.73 Å². The maximum atomic E-state index is 12.4. The second-order valence-electron chi connectivity index (χ2n) is 7.25. The molecular formula is C19H21NO4. The van der Waals surface area contributed by atoms with E-state index in [9.17, 15) is 14.4 Å². The van der Waals surface area contributed by atoms with E-state index in [2.05, 4.69) is 6.08 Å². The Balaban J connectivity index is 1.66. The molecule has 1 aromatic rings. The summed E-state index contributed by atoms with van der Waals surface area (Å²) in [6, 6.07) is 6.62. The molecule has 1 aliphatic heterocycles. The van der Waals surface area contributed by atoms with Crippen molar-refractivity contribution in [1.82, 2.24) is 4.90 Å². The number of carbonyl (C=O) groups is 3. The molecule has 126 valence electrons. The van der Waals surface area contributed by atoms with E-state index < -0.39 is 11.8 Å². The van der Waals surface area contributed by atoms with Crippen molar-refractivity contribution in [2.24, 2.45) is 17.3 Å². The van der Waals surface area contributed by atoms with Gasteiger partial charge in [-0.3, -0.25) is 14.4 Å². The van der Waals surface area contributed by atoms with Crippen LogP contribution in [-0.4, -0.2) is 29.4 Å². The molecule has 0 aromatic heterocycles. The van der Waals surface area contributed by atoms with Gasteiger partial charge in [0.05, 0.1) is 17.0 Å². The normalized spacial score (nSPS) is 23.8. The zero-order valence-corrected chi connectivity index (χ0v) is 14.3. The van der Waals surface area contributed by atoms with E-state index in [0.29, 0.717) is 11.1 Å². The summed E-state index contributed by atoms with van der Waals surface area (Å²) in [4.78, 5) is 37.8. The van der Waals surface area contributed by atoms with Gasteiger partial charge in [-0.25, -0.2) is 4.90 Å². The van der Waals surface area contributed by atoms with Crippen LogP contribution < -0.4 is 0 Å². The molecule has 1 saturated carbocycles. The molecular weight excluding hydrogens is 306 g/mol. The molecule has 3 rings (SSSR count). The maximum absolute atomic E-state index is 12.4. The molecule has 1 fully saturated rings. The van der Waals surface area contributed by atoms with Gasteiger partial charge in [-0.05, 0) is 37.3 Å². The van der Waals surface area contributed by atoms with Crippen molar-refractivity contribution in [3.63, 3.8) is 0 Å². The van der Waals surface area contributed by atoms with Crippen molar-refractivity contribution in [2.75, 3.05) is 6.73 Å². The first-order valence-corrected chi connectivity index (χ1v) is 8.02. The third-order valence-electron chi connectivity index (χ3n) is 4.89. The predicted octanol–water partition coefficient (Wildman–Crippen LogP) is 3.02. The lowest BCUT2D eigenvalue weighted by Crippen LogP contribution is -2.33. The lowest BCUT2D eigenvalue weighted by Gasteiger charge is -2.14. The average molecular weight is 327 g/mol. The van der Waals surface area contributed by atoms with Gasteiger partial charge in [0.2, 0.25) is 0 Å². The summed E-state index contributed by atoms with van der Waals surface area (Å²) in [6.07, 6.45) is 2.08. The smallest absolute Gasteiger partial charge is 0.311 e. The fourth-order valence-electron chi connectivity index (χ4n) is 3.37.